The van der Waals surface area contributed by atoms with Gasteiger partial charge in [0, 0.05) is 24.6 Å². The molecule has 24 heavy (non-hydrogen) atoms. The van der Waals surface area contributed by atoms with Gasteiger partial charge in [0.15, 0.2) is 0 Å². The Kier molecular flexibility index (Phi) is 4.38. The Morgan fingerprint density at radius 2 is 1.75 bits per heavy atom. The van der Waals surface area contributed by atoms with E-state index in [2.05, 4.69) is 0 Å². The van der Waals surface area contributed by atoms with Gasteiger partial charge in [-0.05, 0) is 44.0 Å². The first-order chi connectivity index (χ1) is 11.5. The highest BCUT2D eigenvalue weighted by Gasteiger charge is 2.30. The number of carboxylic acids is 1. The van der Waals surface area contributed by atoms with Gasteiger partial charge in [-0.25, -0.2) is 4.79 Å². The van der Waals surface area contributed by atoms with Crippen molar-refractivity contribution >= 4 is 11.9 Å². The van der Waals surface area contributed by atoms with E-state index in [4.69, 9.17) is 0 Å². The number of aromatic carboxylic acids is 1. The van der Waals surface area contributed by atoms with E-state index in [9.17, 15) is 14.7 Å². The summed E-state index contributed by atoms with van der Waals surface area (Å²) in [6, 6.07) is 13.0. The number of amides is 1. The summed E-state index contributed by atoms with van der Waals surface area (Å²) >= 11 is 0. The van der Waals surface area contributed by atoms with E-state index in [-0.39, 0.29) is 11.8 Å². The van der Waals surface area contributed by atoms with Gasteiger partial charge < -0.3 is 10.0 Å². The molecule has 0 aromatic heterocycles. The maximum Gasteiger partial charge on any atom is 0.335 e. The van der Waals surface area contributed by atoms with Gasteiger partial charge in [0.1, 0.15) is 0 Å². The third-order valence-corrected chi connectivity index (χ3v) is 4.58. The molecule has 1 N–H and O–H groups in total. The van der Waals surface area contributed by atoms with E-state index < -0.39 is 5.97 Å². The summed E-state index contributed by atoms with van der Waals surface area (Å²) in [6.45, 7) is 5.19. The summed E-state index contributed by atoms with van der Waals surface area (Å²) in [5, 5.41) is 9.36. The zero-order valence-corrected chi connectivity index (χ0v) is 14.0. The normalized spacial score (nSPS) is 17.1. The third-order valence-electron chi connectivity index (χ3n) is 4.58. The number of carbonyl (C=O) groups excluding carboxylic acids is 1. The number of likely N-dealkylation sites (tertiary alicyclic amines) is 1. The first-order valence-corrected chi connectivity index (χ1v) is 8.15. The van der Waals surface area contributed by atoms with Gasteiger partial charge in [0.2, 0.25) is 0 Å². The summed E-state index contributed by atoms with van der Waals surface area (Å²) in [6.07, 6.45) is 0.792. The first kappa shape index (κ1) is 16.2. The van der Waals surface area contributed by atoms with Crippen LogP contribution in [0.1, 0.15) is 49.7 Å². The van der Waals surface area contributed by atoms with E-state index in [0.717, 1.165) is 23.1 Å². The second-order valence-electron chi connectivity index (χ2n) is 6.51. The van der Waals surface area contributed by atoms with Crippen LogP contribution in [0.15, 0.2) is 42.5 Å². The van der Waals surface area contributed by atoms with Crippen LogP contribution in [0.4, 0.5) is 0 Å². The van der Waals surface area contributed by atoms with E-state index in [1.54, 1.807) is 12.1 Å². The number of hydrogen-bond acceptors (Lipinski definition) is 2. The minimum Gasteiger partial charge on any atom is -0.478 e. The molecule has 2 aromatic rings. The second kappa shape index (κ2) is 6.48. The molecular formula is C20H21NO3. The fourth-order valence-electron chi connectivity index (χ4n) is 3.53. The Bertz CT molecular complexity index is 777. The molecule has 2 aromatic carbocycles. The average Bonchev–Trinajstić information content (AvgIpc) is 3.03. The molecule has 124 valence electrons. The molecule has 1 atom stereocenters. The molecule has 1 aliphatic rings. The number of hydrogen-bond donors (Lipinski definition) is 1. The lowest BCUT2D eigenvalue weighted by atomic mass is 9.93. The molecule has 3 rings (SSSR count). The number of aryl methyl sites for hydroxylation is 2. The lowest BCUT2D eigenvalue weighted by Gasteiger charge is -2.18. The number of carbonyl (C=O) groups is 2. The minimum atomic E-state index is -0.912. The lowest BCUT2D eigenvalue weighted by molar-refractivity contribution is 0.0695. The van der Waals surface area contributed by atoms with Gasteiger partial charge in [-0.1, -0.05) is 35.4 Å². The first-order valence-electron chi connectivity index (χ1n) is 8.15. The van der Waals surface area contributed by atoms with Crippen molar-refractivity contribution in [2.45, 2.75) is 26.2 Å². The molecule has 1 fully saturated rings. The Balaban J connectivity index is 1.81. The van der Waals surface area contributed by atoms with Gasteiger partial charge in [-0.2, -0.15) is 0 Å². The highest BCUT2D eigenvalue weighted by Crippen LogP contribution is 2.30. The van der Waals surface area contributed by atoms with Crippen molar-refractivity contribution in [2.24, 2.45) is 0 Å². The van der Waals surface area contributed by atoms with Crippen LogP contribution in [0, 0.1) is 13.8 Å². The molecule has 4 nitrogen and oxygen atoms in total. The summed E-state index contributed by atoms with van der Waals surface area (Å²) in [5.41, 5.74) is 4.01. The van der Waals surface area contributed by atoms with Gasteiger partial charge >= 0.3 is 5.97 Å². The Morgan fingerprint density at radius 3 is 2.42 bits per heavy atom. The zero-order chi connectivity index (χ0) is 17.3. The van der Waals surface area contributed by atoms with E-state index in [1.165, 1.54) is 0 Å². The zero-order valence-electron chi connectivity index (χ0n) is 14.0. The van der Waals surface area contributed by atoms with Crippen molar-refractivity contribution in [3.63, 3.8) is 0 Å². The number of rotatable bonds is 3. The summed E-state index contributed by atoms with van der Waals surface area (Å²) in [7, 11) is 0. The number of benzene rings is 2. The van der Waals surface area contributed by atoms with Crippen LogP contribution in [-0.4, -0.2) is 35.0 Å². The molecule has 4 heteroatoms. The Labute approximate surface area is 141 Å². The fraction of sp³-hybridized carbons (Fsp3) is 0.300. The molecule has 1 aliphatic heterocycles. The molecule has 0 spiro atoms. The molecule has 0 saturated carbocycles. The molecule has 0 radical (unpaired) electrons. The largest absolute Gasteiger partial charge is 0.478 e. The van der Waals surface area contributed by atoms with Crippen LogP contribution in [0.5, 0.6) is 0 Å². The molecule has 0 unspecified atom stereocenters. The van der Waals surface area contributed by atoms with Crippen molar-refractivity contribution in [3.8, 4) is 0 Å². The van der Waals surface area contributed by atoms with Crippen molar-refractivity contribution in [2.75, 3.05) is 13.1 Å². The standard InChI is InChI=1S/C20H21NO3/c1-13-9-14(2)11-16(10-13)19(22)21-8-7-15(12-21)17-5-3-4-6-18(17)20(23)24/h3-6,9-11,15H,7-8,12H2,1-2H3,(H,23,24)/t15-/m0/s1. The maximum atomic E-state index is 12.8. The van der Waals surface area contributed by atoms with E-state index in [0.29, 0.717) is 24.2 Å². The van der Waals surface area contributed by atoms with Gasteiger partial charge in [-0.15, -0.1) is 0 Å². The van der Waals surface area contributed by atoms with Crippen LogP contribution in [0.3, 0.4) is 0 Å². The predicted octanol–water partition coefficient (Wildman–Crippen LogP) is 3.63. The summed E-state index contributed by atoms with van der Waals surface area (Å²) in [5.74, 6) is -0.811. The quantitative estimate of drug-likeness (QED) is 0.938. The van der Waals surface area contributed by atoms with Gasteiger partial charge in [0.25, 0.3) is 5.91 Å². The van der Waals surface area contributed by atoms with E-state index in [1.807, 2.05) is 49.1 Å². The molecule has 1 amide bonds. The smallest absolute Gasteiger partial charge is 0.335 e. The molecule has 0 aliphatic carbocycles. The molecule has 1 heterocycles. The third kappa shape index (κ3) is 3.18. The predicted molar refractivity (Wildman–Crippen MR) is 92.6 cm³/mol. The Morgan fingerprint density at radius 1 is 1.08 bits per heavy atom. The van der Waals surface area contributed by atoms with Crippen molar-refractivity contribution in [3.05, 3.63) is 70.3 Å². The molecule has 0 bridgehead atoms. The monoisotopic (exact) mass is 323 g/mol. The van der Waals surface area contributed by atoms with Gasteiger partial charge in [0.05, 0.1) is 5.56 Å². The SMILES string of the molecule is Cc1cc(C)cc(C(=O)N2CC[C@H](c3ccccc3C(=O)O)C2)c1. The van der Waals surface area contributed by atoms with Crippen LogP contribution in [-0.2, 0) is 0 Å². The average molecular weight is 323 g/mol. The van der Waals surface area contributed by atoms with E-state index >= 15 is 0 Å². The van der Waals surface area contributed by atoms with Crippen LogP contribution < -0.4 is 0 Å². The molecular weight excluding hydrogens is 302 g/mol. The lowest BCUT2D eigenvalue weighted by Crippen LogP contribution is -2.28. The highest BCUT2D eigenvalue weighted by molar-refractivity contribution is 5.95. The maximum absolute atomic E-state index is 12.8. The highest BCUT2D eigenvalue weighted by atomic mass is 16.4. The van der Waals surface area contributed by atoms with Crippen molar-refractivity contribution in [1.82, 2.24) is 4.90 Å². The summed E-state index contributed by atoms with van der Waals surface area (Å²) < 4.78 is 0. The van der Waals surface area contributed by atoms with Crippen LogP contribution in [0.2, 0.25) is 0 Å². The van der Waals surface area contributed by atoms with Gasteiger partial charge in [-0.3, -0.25) is 4.79 Å². The van der Waals surface area contributed by atoms with Crippen LogP contribution in [0.25, 0.3) is 0 Å². The topological polar surface area (TPSA) is 57.6 Å². The summed E-state index contributed by atoms with van der Waals surface area (Å²) in [4.78, 5) is 26.0. The van der Waals surface area contributed by atoms with Crippen molar-refractivity contribution < 1.29 is 14.7 Å². The minimum absolute atomic E-state index is 0.0251. The van der Waals surface area contributed by atoms with Crippen LogP contribution >= 0.6 is 0 Å². The Hall–Kier alpha value is -2.62. The second-order valence-corrected chi connectivity index (χ2v) is 6.51. The van der Waals surface area contributed by atoms with Crippen molar-refractivity contribution in [1.29, 1.82) is 0 Å². The fourth-order valence-corrected chi connectivity index (χ4v) is 3.53. The molecule has 1 saturated heterocycles. The number of nitrogens with zero attached hydrogens (tertiary/aromatic N) is 1. The number of carboxylic acid groups (broad SMARTS) is 1.